The molecule has 2 N–H and O–H groups in total. The second-order valence-corrected chi connectivity index (χ2v) is 6.85. The average molecular weight is 318 g/mol. The highest BCUT2D eigenvalue weighted by Gasteiger charge is 2.43. The maximum atomic E-state index is 12.4. The van der Waals surface area contributed by atoms with Gasteiger partial charge >= 0.3 is 0 Å². The van der Waals surface area contributed by atoms with Crippen molar-refractivity contribution >= 4 is 5.91 Å². The van der Waals surface area contributed by atoms with E-state index in [0.29, 0.717) is 25.9 Å². The number of hydrogen-bond acceptors (Lipinski definition) is 4. The lowest BCUT2D eigenvalue weighted by molar-refractivity contribution is -0.152. The Morgan fingerprint density at radius 2 is 1.87 bits per heavy atom. The minimum Gasteiger partial charge on any atom is -0.388 e. The highest BCUT2D eigenvalue weighted by Crippen LogP contribution is 2.26. The van der Waals surface area contributed by atoms with Gasteiger partial charge in [-0.25, -0.2) is 0 Å². The van der Waals surface area contributed by atoms with Crippen LogP contribution in [0.2, 0.25) is 0 Å². The molecule has 0 spiro atoms. The molecule has 0 aromatic heterocycles. The summed E-state index contributed by atoms with van der Waals surface area (Å²) < 4.78 is 0. The van der Waals surface area contributed by atoms with Crippen LogP contribution in [0, 0.1) is 0 Å². The average Bonchev–Trinajstić information content (AvgIpc) is 3.04. The molecular weight excluding hydrogens is 292 g/mol. The molecule has 5 nitrogen and oxygen atoms in total. The molecule has 2 aliphatic heterocycles. The number of rotatable bonds is 4. The predicted octanol–water partition coefficient (Wildman–Crippen LogP) is 0.649. The van der Waals surface area contributed by atoms with Crippen LogP contribution in [-0.2, 0) is 11.2 Å². The van der Waals surface area contributed by atoms with E-state index in [2.05, 4.69) is 4.90 Å². The zero-order valence-corrected chi connectivity index (χ0v) is 13.5. The summed E-state index contributed by atoms with van der Waals surface area (Å²) in [4.78, 5) is 16.3. The Labute approximate surface area is 137 Å². The first-order valence-corrected chi connectivity index (χ1v) is 8.51. The number of hydrogen-bond donors (Lipinski definition) is 2. The van der Waals surface area contributed by atoms with Gasteiger partial charge in [-0.05, 0) is 37.9 Å². The van der Waals surface area contributed by atoms with E-state index in [4.69, 9.17) is 0 Å². The van der Waals surface area contributed by atoms with E-state index in [0.717, 1.165) is 31.5 Å². The summed E-state index contributed by atoms with van der Waals surface area (Å²) in [5, 5.41) is 21.2. The standard InChI is InChI=1S/C18H26N2O3/c21-16-13-20(17(22)12-15-6-2-1-3-7-15)11-8-18(16,23)14-19-9-4-5-10-19/h1-3,6-7,16,21,23H,4-5,8-14H2/t16-,18-/m0/s1. The summed E-state index contributed by atoms with van der Waals surface area (Å²) in [5.41, 5.74) is -0.113. The van der Waals surface area contributed by atoms with Crippen molar-refractivity contribution in [3.05, 3.63) is 35.9 Å². The zero-order valence-electron chi connectivity index (χ0n) is 13.5. The van der Waals surface area contributed by atoms with Crippen LogP contribution in [0.15, 0.2) is 30.3 Å². The zero-order chi connectivity index (χ0) is 16.3. The number of carbonyl (C=O) groups is 1. The van der Waals surface area contributed by atoms with E-state index in [9.17, 15) is 15.0 Å². The van der Waals surface area contributed by atoms with Crippen LogP contribution in [0.25, 0.3) is 0 Å². The molecular formula is C18H26N2O3. The number of piperidine rings is 1. The molecule has 2 fully saturated rings. The Morgan fingerprint density at radius 3 is 2.52 bits per heavy atom. The molecule has 126 valence electrons. The third kappa shape index (κ3) is 3.91. The van der Waals surface area contributed by atoms with Crippen LogP contribution in [0.4, 0.5) is 0 Å². The van der Waals surface area contributed by atoms with Gasteiger partial charge in [0.25, 0.3) is 0 Å². The molecule has 1 aromatic rings. The van der Waals surface area contributed by atoms with Crippen molar-refractivity contribution in [2.75, 3.05) is 32.7 Å². The third-order valence-corrected chi connectivity index (χ3v) is 5.08. The number of aliphatic hydroxyl groups is 2. The third-order valence-electron chi connectivity index (χ3n) is 5.08. The fourth-order valence-corrected chi connectivity index (χ4v) is 3.59. The summed E-state index contributed by atoms with van der Waals surface area (Å²) in [7, 11) is 0. The number of likely N-dealkylation sites (tertiary alicyclic amines) is 2. The van der Waals surface area contributed by atoms with Crippen LogP contribution in [-0.4, -0.2) is 70.3 Å². The second kappa shape index (κ2) is 6.99. The van der Waals surface area contributed by atoms with E-state index in [1.54, 1.807) is 4.90 Å². The number of amides is 1. The van der Waals surface area contributed by atoms with Gasteiger partial charge in [-0.2, -0.15) is 0 Å². The Balaban J connectivity index is 1.56. The SMILES string of the molecule is O=C(Cc1ccccc1)N1CC[C@](O)(CN2CCCC2)[C@@H](O)C1. The van der Waals surface area contributed by atoms with E-state index < -0.39 is 11.7 Å². The van der Waals surface area contributed by atoms with Gasteiger partial charge in [0.15, 0.2) is 0 Å². The fourth-order valence-electron chi connectivity index (χ4n) is 3.59. The van der Waals surface area contributed by atoms with Gasteiger partial charge in [0.05, 0.1) is 6.42 Å². The minimum atomic E-state index is -1.09. The Kier molecular flexibility index (Phi) is 4.99. The van der Waals surface area contributed by atoms with Crippen molar-refractivity contribution in [2.45, 2.75) is 37.4 Å². The number of aliphatic hydroxyl groups excluding tert-OH is 1. The lowest BCUT2D eigenvalue weighted by atomic mass is 9.87. The van der Waals surface area contributed by atoms with Gasteiger partial charge in [-0.3, -0.25) is 4.79 Å². The van der Waals surface area contributed by atoms with E-state index >= 15 is 0 Å². The van der Waals surface area contributed by atoms with E-state index in [-0.39, 0.29) is 12.5 Å². The molecule has 5 heteroatoms. The predicted molar refractivity (Wildman–Crippen MR) is 88.0 cm³/mol. The molecule has 2 atom stereocenters. The first kappa shape index (κ1) is 16.4. The largest absolute Gasteiger partial charge is 0.388 e. The highest BCUT2D eigenvalue weighted by molar-refractivity contribution is 5.79. The van der Waals surface area contributed by atoms with Gasteiger partial charge < -0.3 is 20.0 Å². The van der Waals surface area contributed by atoms with Crippen LogP contribution in [0.3, 0.4) is 0 Å². The molecule has 23 heavy (non-hydrogen) atoms. The van der Waals surface area contributed by atoms with Crippen LogP contribution in [0.1, 0.15) is 24.8 Å². The van der Waals surface area contributed by atoms with Crippen molar-refractivity contribution in [1.29, 1.82) is 0 Å². The number of β-amino-alcohol motifs (C(OH)–C–C–N with tert-alkyl or cyclic N) is 2. The molecule has 2 aliphatic rings. The number of carbonyl (C=O) groups excluding carboxylic acids is 1. The maximum absolute atomic E-state index is 12.4. The van der Waals surface area contributed by atoms with Gasteiger partial charge in [0, 0.05) is 19.6 Å². The summed E-state index contributed by atoms with van der Waals surface area (Å²) in [6.45, 7) is 3.22. The second-order valence-electron chi connectivity index (χ2n) is 6.85. The van der Waals surface area contributed by atoms with Gasteiger partial charge in [-0.15, -0.1) is 0 Å². The molecule has 0 saturated carbocycles. The molecule has 1 amide bonds. The van der Waals surface area contributed by atoms with Gasteiger partial charge in [0.2, 0.25) is 5.91 Å². The van der Waals surface area contributed by atoms with Crippen LogP contribution >= 0.6 is 0 Å². The van der Waals surface area contributed by atoms with Crippen LogP contribution < -0.4 is 0 Å². The molecule has 0 unspecified atom stereocenters. The summed E-state index contributed by atoms with van der Waals surface area (Å²) in [5.74, 6) is 0.0125. The Hall–Kier alpha value is -1.43. The summed E-state index contributed by atoms with van der Waals surface area (Å²) >= 11 is 0. The molecule has 0 bridgehead atoms. The number of benzene rings is 1. The topological polar surface area (TPSA) is 64.0 Å². The van der Waals surface area contributed by atoms with Crippen molar-refractivity contribution in [3.63, 3.8) is 0 Å². The van der Waals surface area contributed by atoms with E-state index in [1.807, 2.05) is 30.3 Å². The van der Waals surface area contributed by atoms with Gasteiger partial charge in [0.1, 0.15) is 11.7 Å². The quantitative estimate of drug-likeness (QED) is 0.856. The lowest BCUT2D eigenvalue weighted by Crippen LogP contribution is -2.61. The molecule has 2 heterocycles. The maximum Gasteiger partial charge on any atom is 0.227 e. The summed E-state index contributed by atoms with van der Waals surface area (Å²) in [6, 6.07) is 9.63. The molecule has 0 radical (unpaired) electrons. The molecule has 1 aromatic carbocycles. The summed E-state index contributed by atoms with van der Waals surface area (Å²) in [6.07, 6.45) is 2.22. The van der Waals surface area contributed by atoms with Crippen molar-refractivity contribution in [2.24, 2.45) is 0 Å². The fraction of sp³-hybridized carbons (Fsp3) is 0.611. The number of nitrogens with zero attached hydrogens (tertiary/aromatic N) is 2. The van der Waals surface area contributed by atoms with Crippen molar-refractivity contribution in [3.8, 4) is 0 Å². The Bertz CT molecular complexity index is 530. The first-order chi connectivity index (χ1) is 11.1. The van der Waals surface area contributed by atoms with Crippen molar-refractivity contribution < 1.29 is 15.0 Å². The first-order valence-electron chi connectivity index (χ1n) is 8.51. The minimum absolute atomic E-state index is 0.0125. The monoisotopic (exact) mass is 318 g/mol. The smallest absolute Gasteiger partial charge is 0.227 e. The van der Waals surface area contributed by atoms with E-state index in [1.165, 1.54) is 0 Å². The van der Waals surface area contributed by atoms with Crippen molar-refractivity contribution in [1.82, 2.24) is 9.80 Å². The molecule has 2 saturated heterocycles. The van der Waals surface area contributed by atoms with Gasteiger partial charge in [-0.1, -0.05) is 30.3 Å². The molecule has 3 rings (SSSR count). The lowest BCUT2D eigenvalue weighted by Gasteiger charge is -2.43. The highest BCUT2D eigenvalue weighted by atomic mass is 16.3. The normalized spacial score (nSPS) is 29.0. The van der Waals surface area contributed by atoms with Crippen LogP contribution in [0.5, 0.6) is 0 Å². The Morgan fingerprint density at radius 1 is 1.17 bits per heavy atom. The molecule has 0 aliphatic carbocycles.